The summed E-state index contributed by atoms with van der Waals surface area (Å²) in [6.45, 7) is 5.89. The molecule has 2 saturated heterocycles. The Balaban J connectivity index is 1.76. The zero-order valence-electron chi connectivity index (χ0n) is 12.5. The van der Waals surface area contributed by atoms with Crippen LogP contribution in [0.2, 0.25) is 5.02 Å². The van der Waals surface area contributed by atoms with Crippen LogP contribution >= 0.6 is 11.6 Å². The van der Waals surface area contributed by atoms with E-state index in [1.165, 1.54) is 0 Å². The number of benzene rings is 1. The second kappa shape index (κ2) is 6.82. The number of carbonyl (C=O) groups excluding carboxylic acids is 1. The summed E-state index contributed by atoms with van der Waals surface area (Å²) >= 11 is 5.90. The topological polar surface area (TPSA) is 38.8 Å². The molecule has 118 valence electrons. The fourth-order valence-electron chi connectivity index (χ4n) is 3.04. The average molecular weight is 322 g/mol. The second-order valence-electron chi connectivity index (χ2n) is 5.66. The summed E-state index contributed by atoms with van der Waals surface area (Å²) < 4.78 is 11.2. The monoisotopic (exact) mass is 321 g/mol. The van der Waals surface area contributed by atoms with Crippen LogP contribution in [0.15, 0.2) is 30.8 Å². The summed E-state index contributed by atoms with van der Waals surface area (Å²) in [4.78, 5) is 14.7. The molecule has 3 rings (SSSR count). The van der Waals surface area contributed by atoms with E-state index in [9.17, 15) is 4.79 Å². The number of likely N-dealkylation sites (tertiary alicyclic amines) is 1. The molecule has 2 aliphatic rings. The van der Waals surface area contributed by atoms with Gasteiger partial charge in [0, 0.05) is 17.1 Å². The van der Waals surface area contributed by atoms with Crippen LogP contribution in [0.4, 0.5) is 0 Å². The lowest BCUT2D eigenvalue weighted by atomic mass is 9.98. The number of hydrogen-bond acceptors (Lipinski definition) is 3. The van der Waals surface area contributed by atoms with Gasteiger partial charge in [0.05, 0.1) is 19.3 Å². The number of piperidine rings is 1. The van der Waals surface area contributed by atoms with Crippen molar-refractivity contribution in [2.24, 2.45) is 0 Å². The molecule has 2 fully saturated rings. The molecule has 0 saturated carbocycles. The highest BCUT2D eigenvalue weighted by Crippen LogP contribution is 2.27. The molecule has 0 aromatic heterocycles. The molecule has 1 unspecified atom stereocenters. The van der Waals surface area contributed by atoms with Crippen LogP contribution in [0.25, 0.3) is 5.57 Å². The summed E-state index contributed by atoms with van der Waals surface area (Å²) in [7, 11) is 0. The van der Waals surface area contributed by atoms with E-state index in [2.05, 4.69) is 6.58 Å². The molecule has 0 radical (unpaired) electrons. The normalized spacial score (nSPS) is 22.8. The van der Waals surface area contributed by atoms with E-state index >= 15 is 0 Å². The first kappa shape index (κ1) is 15.5. The highest BCUT2D eigenvalue weighted by atomic mass is 35.5. The molecular weight excluding hydrogens is 302 g/mol. The Kier molecular flexibility index (Phi) is 4.81. The van der Waals surface area contributed by atoms with Crippen molar-refractivity contribution in [2.75, 3.05) is 19.8 Å². The van der Waals surface area contributed by atoms with E-state index in [-0.39, 0.29) is 18.2 Å². The number of rotatable bonds is 3. The van der Waals surface area contributed by atoms with E-state index in [4.69, 9.17) is 21.1 Å². The third-order valence-corrected chi connectivity index (χ3v) is 4.47. The molecule has 5 heteroatoms. The molecule has 0 bridgehead atoms. The molecule has 1 amide bonds. The number of nitrogens with zero attached hydrogens (tertiary/aromatic N) is 1. The SMILES string of the molecule is C=C(C(=O)N1CCCCC1C1OCCO1)c1ccc(Cl)cc1. The molecule has 0 spiro atoms. The van der Waals surface area contributed by atoms with Gasteiger partial charge in [0.2, 0.25) is 0 Å². The van der Waals surface area contributed by atoms with Crippen LogP contribution < -0.4 is 0 Å². The minimum atomic E-state index is -0.303. The summed E-state index contributed by atoms with van der Waals surface area (Å²) in [5.41, 5.74) is 1.29. The Morgan fingerprint density at radius 1 is 1.18 bits per heavy atom. The highest BCUT2D eigenvalue weighted by molar-refractivity contribution is 6.30. The Hall–Kier alpha value is -1.36. The van der Waals surface area contributed by atoms with Gasteiger partial charge < -0.3 is 14.4 Å². The fraction of sp³-hybridized carbons (Fsp3) is 0.471. The Morgan fingerprint density at radius 3 is 2.55 bits per heavy atom. The third-order valence-electron chi connectivity index (χ3n) is 4.22. The predicted octanol–water partition coefficient (Wildman–Crippen LogP) is 3.11. The van der Waals surface area contributed by atoms with Gasteiger partial charge in [-0.25, -0.2) is 0 Å². The molecule has 2 heterocycles. The van der Waals surface area contributed by atoms with Crippen molar-refractivity contribution in [1.29, 1.82) is 0 Å². The van der Waals surface area contributed by atoms with Crippen LogP contribution in [0.3, 0.4) is 0 Å². The largest absolute Gasteiger partial charge is 0.348 e. The maximum Gasteiger partial charge on any atom is 0.254 e. The smallest absolute Gasteiger partial charge is 0.254 e. The lowest BCUT2D eigenvalue weighted by Crippen LogP contribution is -2.50. The first-order valence-corrected chi connectivity index (χ1v) is 8.03. The van der Waals surface area contributed by atoms with Crippen LogP contribution in [-0.2, 0) is 14.3 Å². The van der Waals surface area contributed by atoms with Crippen molar-refractivity contribution in [3.63, 3.8) is 0 Å². The number of ether oxygens (including phenoxy) is 2. The van der Waals surface area contributed by atoms with E-state index in [0.29, 0.717) is 23.8 Å². The maximum atomic E-state index is 12.8. The molecule has 1 atom stereocenters. The second-order valence-corrected chi connectivity index (χ2v) is 6.09. The van der Waals surface area contributed by atoms with Crippen LogP contribution in [-0.4, -0.2) is 42.9 Å². The molecule has 0 N–H and O–H groups in total. The molecule has 2 aliphatic heterocycles. The molecule has 4 nitrogen and oxygen atoms in total. The van der Waals surface area contributed by atoms with Crippen molar-refractivity contribution in [1.82, 2.24) is 4.90 Å². The Labute approximate surface area is 135 Å². The number of hydrogen-bond donors (Lipinski definition) is 0. The maximum absolute atomic E-state index is 12.8. The van der Waals surface area contributed by atoms with Crippen molar-refractivity contribution < 1.29 is 14.3 Å². The summed E-state index contributed by atoms with van der Waals surface area (Å²) in [5.74, 6) is -0.0499. The van der Waals surface area contributed by atoms with Gasteiger partial charge in [-0.15, -0.1) is 0 Å². The third kappa shape index (κ3) is 3.19. The standard InChI is InChI=1S/C17H20ClNO3/c1-12(13-5-7-14(18)8-6-13)16(20)19-9-3-2-4-15(19)17-21-10-11-22-17/h5-8,15,17H,1-4,9-11H2. The van der Waals surface area contributed by atoms with Gasteiger partial charge in [0.1, 0.15) is 0 Å². The lowest BCUT2D eigenvalue weighted by Gasteiger charge is -2.38. The zero-order valence-corrected chi connectivity index (χ0v) is 13.2. The van der Waals surface area contributed by atoms with Gasteiger partial charge in [0.25, 0.3) is 5.91 Å². The summed E-state index contributed by atoms with van der Waals surface area (Å²) in [6.07, 6.45) is 2.69. The van der Waals surface area contributed by atoms with E-state index in [0.717, 1.165) is 31.4 Å². The van der Waals surface area contributed by atoms with Gasteiger partial charge in [0.15, 0.2) is 6.29 Å². The van der Waals surface area contributed by atoms with Crippen molar-refractivity contribution in [3.8, 4) is 0 Å². The minimum Gasteiger partial charge on any atom is -0.348 e. The minimum absolute atomic E-state index is 0.0206. The van der Waals surface area contributed by atoms with Gasteiger partial charge in [-0.3, -0.25) is 4.79 Å². The molecule has 1 aromatic rings. The van der Waals surface area contributed by atoms with Gasteiger partial charge in [-0.2, -0.15) is 0 Å². The fourth-order valence-corrected chi connectivity index (χ4v) is 3.17. The van der Waals surface area contributed by atoms with Gasteiger partial charge in [-0.05, 0) is 37.0 Å². The van der Waals surface area contributed by atoms with Crippen molar-refractivity contribution >= 4 is 23.1 Å². The summed E-state index contributed by atoms with van der Waals surface area (Å²) in [6, 6.07) is 7.17. The van der Waals surface area contributed by atoms with E-state index in [1.807, 2.05) is 17.0 Å². The molecular formula is C17H20ClNO3. The first-order chi connectivity index (χ1) is 10.7. The number of halogens is 1. The van der Waals surface area contributed by atoms with Crippen LogP contribution in [0.1, 0.15) is 24.8 Å². The lowest BCUT2D eigenvalue weighted by molar-refractivity contribution is -0.144. The zero-order chi connectivity index (χ0) is 15.5. The first-order valence-electron chi connectivity index (χ1n) is 7.66. The Bertz CT molecular complexity index is 552. The van der Waals surface area contributed by atoms with Gasteiger partial charge in [-0.1, -0.05) is 30.3 Å². The van der Waals surface area contributed by atoms with Crippen LogP contribution in [0, 0.1) is 0 Å². The molecule has 22 heavy (non-hydrogen) atoms. The molecule has 0 aliphatic carbocycles. The average Bonchev–Trinajstić information content (AvgIpc) is 3.08. The highest BCUT2D eigenvalue weighted by Gasteiger charge is 2.36. The summed E-state index contributed by atoms with van der Waals surface area (Å²) in [5, 5.41) is 0.646. The Morgan fingerprint density at radius 2 is 1.86 bits per heavy atom. The van der Waals surface area contributed by atoms with E-state index in [1.54, 1.807) is 12.1 Å². The predicted molar refractivity (Wildman–Crippen MR) is 85.5 cm³/mol. The quantitative estimate of drug-likeness (QED) is 0.803. The van der Waals surface area contributed by atoms with Crippen molar-refractivity contribution in [3.05, 3.63) is 41.4 Å². The van der Waals surface area contributed by atoms with E-state index < -0.39 is 0 Å². The molecule has 1 aromatic carbocycles. The van der Waals surface area contributed by atoms with Crippen molar-refractivity contribution in [2.45, 2.75) is 31.6 Å². The van der Waals surface area contributed by atoms with Crippen LogP contribution in [0.5, 0.6) is 0 Å². The van der Waals surface area contributed by atoms with Gasteiger partial charge >= 0.3 is 0 Å². The number of amides is 1. The number of carbonyl (C=O) groups is 1.